The van der Waals surface area contributed by atoms with Crippen LogP contribution in [0.5, 0.6) is 5.75 Å². The summed E-state index contributed by atoms with van der Waals surface area (Å²) in [7, 11) is -4.01. The maximum atomic E-state index is 13.5. The van der Waals surface area contributed by atoms with Gasteiger partial charge in [0.05, 0.1) is 30.4 Å². The van der Waals surface area contributed by atoms with E-state index in [4.69, 9.17) is 9.47 Å². The average Bonchev–Trinajstić information content (AvgIpc) is 2.73. The fourth-order valence-electron chi connectivity index (χ4n) is 3.03. The van der Waals surface area contributed by atoms with E-state index in [1.54, 1.807) is 41.3 Å². The van der Waals surface area contributed by atoms with E-state index in [0.717, 1.165) is 4.31 Å². The Hall–Kier alpha value is -2.10. The standard InChI is InChI=1S/C20H23BrN2O5S/c1-2-28-19-9-4-3-8-18(19)23(15-20(24)22-10-12-27-13-11-22)29(25,26)17-7-5-6-16(21)14-17/h3-9,14H,2,10-13,15H2,1H3. The highest BCUT2D eigenvalue weighted by molar-refractivity contribution is 9.10. The second-order valence-electron chi connectivity index (χ2n) is 6.36. The summed E-state index contributed by atoms with van der Waals surface area (Å²) in [4.78, 5) is 14.6. The maximum absolute atomic E-state index is 13.5. The van der Waals surface area contributed by atoms with Crippen LogP contribution in [0.2, 0.25) is 0 Å². The van der Waals surface area contributed by atoms with Crippen LogP contribution in [0, 0.1) is 0 Å². The van der Waals surface area contributed by atoms with Crippen molar-refractivity contribution in [1.82, 2.24) is 4.90 Å². The zero-order valence-corrected chi connectivity index (χ0v) is 18.5. The largest absolute Gasteiger partial charge is 0.492 e. The van der Waals surface area contributed by atoms with Crippen molar-refractivity contribution < 1.29 is 22.7 Å². The number of para-hydroxylation sites is 2. The molecule has 0 saturated carbocycles. The van der Waals surface area contributed by atoms with Crippen molar-refractivity contribution in [3.05, 3.63) is 53.0 Å². The number of ether oxygens (including phenoxy) is 2. The summed E-state index contributed by atoms with van der Waals surface area (Å²) >= 11 is 3.32. The van der Waals surface area contributed by atoms with E-state index in [2.05, 4.69) is 15.9 Å². The summed E-state index contributed by atoms with van der Waals surface area (Å²) in [6.07, 6.45) is 0. The molecule has 0 bridgehead atoms. The summed E-state index contributed by atoms with van der Waals surface area (Å²) in [5, 5.41) is 0. The third kappa shape index (κ3) is 5.09. The SMILES string of the molecule is CCOc1ccccc1N(CC(=O)N1CCOCC1)S(=O)(=O)c1cccc(Br)c1. The van der Waals surface area contributed by atoms with Gasteiger partial charge in [-0.2, -0.15) is 0 Å². The molecule has 0 aliphatic carbocycles. The monoisotopic (exact) mass is 482 g/mol. The van der Waals surface area contributed by atoms with Crippen LogP contribution in [0.4, 0.5) is 5.69 Å². The quantitative estimate of drug-likeness (QED) is 0.606. The summed E-state index contributed by atoms with van der Waals surface area (Å²) < 4.78 is 39.7. The van der Waals surface area contributed by atoms with Gasteiger partial charge in [0.1, 0.15) is 12.3 Å². The van der Waals surface area contributed by atoms with Gasteiger partial charge in [-0.3, -0.25) is 9.10 Å². The normalized spacial score (nSPS) is 14.5. The molecule has 0 radical (unpaired) electrons. The van der Waals surface area contributed by atoms with Gasteiger partial charge in [0.15, 0.2) is 0 Å². The molecule has 0 aromatic heterocycles. The Bertz CT molecular complexity index is 961. The van der Waals surface area contributed by atoms with E-state index in [-0.39, 0.29) is 17.3 Å². The second-order valence-corrected chi connectivity index (χ2v) is 9.14. The molecule has 1 aliphatic heterocycles. The molecule has 0 unspecified atom stereocenters. The number of nitrogens with zero attached hydrogens (tertiary/aromatic N) is 2. The van der Waals surface area contributed by atoms with E-state index >= 15 is 0 Å². The molecule has 7 nitrogen and oxygen atoms in total. The Kier molecular flexibility index (Phi) is 7.15. The highest BCUT2D eigenvalue weighted by atomic mass is 79.9. The molecular formula is C20H23BrN2O5S. The Balaban J connectivity index is 2.03. The minimum atomic E-state index is -4.01. The number of hydrogen-bond donors (Lipinski definition) is 0. The third-order valence-corrected chi connectivity index (χ3v) is 6.71. The van der Waals surface area contributed by atoms with Crippen LogP contribution < -0.4 is 9.04 Å². The van der Waals surface area contributed by atoms with Gasteiger partial charge in [-0.15, -0.1) is 0 Å². The first-order valence-corrected chi connectivity index (χ1v) is 11.5. The van der Waals surface area contributed by atoms with Gasteiger partial charge in [0.25, 0.3) is 10.0 Å². The Morgan fingerprint density at radius 2 is 1.90 bits per heavy atom. The Morgan fingerprint density at radius 1 is 1.17 bits per heavy atom. The van der Waals surface area contributed by atoms with Crippen molar-refractivity contribution in [3.63, 3.8) is 0 Å². The van der Waals surface area contributed by atoms with E-state index in [1.807, 2.05) is 6.92 Å². The van der Waals surface area contributed by atoms with Crippen molar-refractivity contribution in [2.24, 2.45) is 0 Å². The summed E-state index contributed by atoms with van der Waals surface area (Å²) in [6, 6.07) is 13.3. The number of halogens is 1. The molecular weight excluding hydrogens is 460 g/mol. The molecule has 1 heterocycles. The minimum absolute atomic E-state index is 0.0907. The molecule has 2 aromatic rings. The van der Waals surface area contributed by atoms with Gasteiger partial charge in [-0.1, -0.05) is 34.1 Å². The lowest BCUT2D eigenvalue weighted by Gasteiger charge is -2.31. The van der Waals surface area contributed by atoms with Crippen LogP contribution in [-0.2, 0) is 19.6 Å². The lowest BCUT2D eigenvalue weighted by molar-refractivity contribution is -0.133. The number of hydrogen-bond acceptors (Lipinski definition) is 5. The molecule has 0 N–H and O–H groups in total. The van der Waals surface area contributed by atoms with Gasteiger partial charge >= 0.3 is 0 Å². The van der Waals surface area contributed by atoms with Crippen LogP contribution in [0.1, 0.15) is 6.92 Å². The lowest BCUT2D eigenvalue weighted by atomic mass is 10.3. The zero-order chi connectivity index (χ0) is 20.9. The smallest absolute Gasteiger partial charge is 0.264 e. The van der Waals surface area contributed by atoms with Crippen molar-refractivity contribution >= 4 is 37.5 Å². The summed E-state index contributed by atoms with van der Waals surface area (Å²) in [5.74, 6) is 0.126. The maximum Gasteiger partial charge on any atom is 0.264 e. The second kappa shape index (κ2) is 9.60. The predicted octanol–water partition coefficient (Wildman–Crippen LogP) is 2.90. The third-order valence-electron chi connectivity index (χ3n) is 4.46. The zero-order valence-electron chi connectivity index (χ0n) is 16.1. The molecule has 29 heavy (non-hydrogen) atoms. The van der Waals surface area contributed by atoms with E-state index < -0.39 is 10.0 Å². The number of carbonyl (C=O) groups is 1. The first-order valence-electron chi connectivity index (χ1n) is 9.29. The van der Waals surface area contributed by atoms with Crippen LogP contribution in [0.3, 0.4) is 0 Å². The van der Waals surface area contributed by atoms with Gasteiger partial charge in [-0.05, 0) is 37.3 Å². The molecule has 0 atom stereocenters. The van der Waals surface area contributed by atoms with Crippen molar-refractivity contribution in [1.29, 1.82) is 0 Å². The van der Waals surface area contributed by atoms with Gasteiger partial charge in [-0.25, -0.2) is 8.42 Å². The molecule has 3 rings (SSSR count). The molecule has 1 aliphatic rings. The number of anilines is 1. The van der Waals surface area contributed by atoms with Gasteiger partial charge < -0.3 is 14.4 Å². The van der Waals surface area contributed by atoms with Crippen molar-refractivity contribution in [2.75, 3.05) is 43.8 Å². The van der Waals surface area contributed by atoms with Crippen LogP contribution in [-0.4, -0.2) is 58.7 Å². The van der Waals surface area contributed by atoms with Crippen LogP contribution in [0.15, 0.2) is 57.9 Å². The fourth-order valence-corrected chi connectivity index (χ4v) is 5.05. The Labute approximate surface area is 179 Å². The number of carbonyl (C=O) groups excluding carboxylic acids is 1. The van der Waals surface area contributed by atoms with Crippen LogP contribution >= 0.6 is 15.9 Å². The van der Waals surface area contributed by atoms with E-state index in [1.165, 1.54) is 12.1 Å². The average molecular weight is 483 g/mol. The van der Waals surface area contributed by atoms with E-state index in [0.29, 0.717) is 48.8 Å². The summed E-state index contributed by atoms with van der Waals surface area (Å²) in [6.45, 7) is 3.65. The summed E-state index contributed by atoms with van der Waals surface area (Å²) in [5.41, 5.74) is 0.330. The molecule has 2 aromatic carbocycles. The first kappa shape index (κ1) is 21.6. The highest BCUT2D eigenvalue weighted by Crippen LogP contribution is 2.33. The fraction of sp³-hybridized carbons (Fsp3) is 0.350. The lowest BCUT2D eigenvalue weighted by Crippen LogP contribution is -2.47. The number of benzene rings is 2. The van der Waals surface area contributed by atoms with Crippen molar-refractivity contribution in [2.45, 2.75) is 11.8 Å². The van der Waals surface area contributed by atoms with E-state index in [9.17, 15) is 13.2 Å². The minimum Gasteiger partial charge on any atom is -0.492 e. The topological polar surface area (TPSA) is 76.2 Å². The number of rotatable bonds is 7. The van der Waals surface area contributed by atoms with Crippen LogP contribution in [0.25, 0.3) is 0 Å². The molecule has 1 saturated heterocycles. The first-order chi connectivity index (χ1) is 13.9. The van der Waals surface area contributed by atoms with Gasteiger partial charge in [0.2, 0.25) is 5.91 Å². The highest BCUT2D eigenvalue weighted by Gasteiger charge is 2.31. The van der Waals surface area contributed by atoms with Crippen molar-refractivity contribution in [3.8, 4) is 5.75 Å². The molecule has 0 spiro atoms. The molecule has 1 amide bonds. The number of sulfonamides is 1. The molecule has 156 valence electrons. The molecule has 1 fully saturated rings. The number of morpholine rings is 1. The Morgan fingerprint density at radius 3 is 2.59 bits per heavy atom. The molecule has 9 heteroatoms. The van der Waals surface area contributed by atoms with Gasteiger partial charge in [0, 0.05) is 17.6 Å². The number of amides is 1. The predicted molar refractivity (Wildman–Crippen MR) is 114 cm³/mol.